The van der Waals surface area contributed by atoms with E-state index in [1.807, 2.05) is 51.1 Å². The predicted molar refractivity (Wildman–Crippen MR) is 127 cm³/mol. The van der Waals surface area contributed by atoms with Gasteiger partial charge < -0.3 is 24.8 Å². The van der Waals surface area contributed by atoms with Crippen molar-refractivity contribution in [1.29, 1.82) is 0 Å². The van der Waals surface area contributed by atoms with Crippen LogP contribution in [-0.4, -0.2) is 53.2 Å². The number of rotatable bonds is 7. The normalized spacial score (nSPS) is 15.3. The fraction of sp³-hybridized carbons (Fsp3) is 0.423. The van der Waals surface area contributed by atoms with E-state index < -0.39 is 23.5 Å². The number of nitrogens with zero attached hydrogens (tertiary/aromatic N) is 1. The number of aromatic carboxylic acids is 1. The highest BCUT2D eigenvalue weighted by Crippen LogP contribution is 2.25. The van der Waals surface area contributed by atoms with Gasteiger partial charge >= 0.3 is 12.1 Å². The minimum atomic E-state index is -0.982. The van der Waals surface area contributed by atoms with Gasteiger partial charge in [0, 0.05) is 25.9 Å². The second-order valence-electron chi connectivity index (χ2n) is 9.48. The summed E-state index contributed by atoms with van der Waals surface area (Å²) >= 11 is 0. The first kappa shape index (κ1) is 25.1. The molecule has 2 amide bonds. The molecule has 8 nitrogen and oxygen atoms in total. The summed E-state index contributed by atoms with van der Waals surface area (Å²) in [6, 6.07) is 14.9. The number of carbonyl (C=O) groups excluding carboxylic acids is 2. The van der Waals surface area contributed by atoms with Gasteiger partial charge in [0.25, 0.3) is 0 Å². The Kier molecular flexibility index (Phi) is 8.15. The van der Waals surface area contributed by atoms with Gasteiger partial charge in [-0.25, -0.2) is 9.59 Å². The molecule has 2 aromatic carbocycles. The first-order valence-electron chi connectivity index (χ1n) is 11.4. The molecule has 0 radical (unpaired) electrons. The van der Waals surface area contributed by atoms with E-state index in [2.05, 4.69) is 5.32 Å². The number of alkyl carbamates (subject to hydrolysis) is 1. The minimum absolute atomic E-state index is 0.0726. The van der Waals surface area contributed by atoms with Crippen LogP contribution in [0.5, 0.6) is 5.75 Å². The Balaban J connectivity index is 1.52. The van der Waals surface area contributed by atoms with Crippen LogP contribution in [0.4, 0.5) is 4.79 Å². The zero-order chi connectivity index (χ0) is 24.7. The van der Waals surface area contributed by atoms with E-state index in [0.717, 1.165) is 5.56 Å². The molecule has 1 fully saturated rings. The Labute approximate surface area is 199 Å². The molecule has 1 aliphatic rings. The average Bonchev–Trinajstić information content (AvgIpc) is 2.81. The second kappa shape index (κ2) is 11.0. The molecular formula is C26H32N2O6. The number of carboxylic acid groups (broad SMARTS) is 1. The molecule has 182 valence electrons. The van der Waals surface area contributed by atoms with Crippen molar-refractivity contribution in [2.45, 2.75) is 52.4 Å². The van der Waals surface area contributed by atoms with Crippen LogP contribution in [0.1, 0.15) is 49.5 Å². The molecule has 2 aromatic rings. The highest BCUT2D eigenvalue weighted by Gasteiger charge is 2.37. The van der Waals surface area contributed by atoms with Crippen molar-refractivity contribution in [3.63, 3.8) is 0 Å². The maximum atomic E-state index is 13.3. The highest BCUT2D eigenvalue weighted by atomic mass is 16.5. The lowest BCUT2D eigenvalue weighted by molar-refractivity contribution is -0.137. The number of carboxylic acids is 1. The summed E-state index contributed by atoms with van der Waals surface area (Å²) < 4.78 is 11.3. The van der Waals surface area contributed by atoms with E-state index in [-0.39, 0.29) is 24.2 Å². The predicted octanol–water partition coefficient (Wildman–Crippen LogP) is 4.10. The van der Waals surface area contributed by atoms with Crippen molar-refractivity contribution in [2.24, 2.45) is 5.41 Å². The van der Waals surface area contributed by atoms with E-state index >= 15 is 0 Å². The van der Waals surface area contributed by atoms with Gasteiger partial charge in [0.05, 0.1) is 5.56 Å². The summed E-state index contributed by atoms with van der Waals surface area (Å²) in [6.45, 7) is 6.86. The smallest absolute Gasteiger partial charge is 0.408 e. The molecule has 1 saturated heterocycles. The van der Waals surface area contributed by atoms with Crippen LogP contribution in [0, 0.1) is 5.41 Å². The molecule has 3 rings (SSSR count). The van der Waals surface area contributed by atoms with Gasteiger partial charge in [-0.05, 0) is 35.2 Å². The fourth-order valence-corrected chi connectivity index (χ4v) is 3.78. The van der Waals surface area contributed by atoms with Crippen molar-refractivity contribution in [1.82, 2.24) is 10.2 Å². The Morgan fingerprint density at radius 2 is 1.65 bits per heavy atom. The van der Waals surface area contributed by atoms with Gasteiger partial charge in [-0.3, -0.25) is 4.79 Å². The van der Waals surface area contributed by atoms with Crippen molar-refractivity contribution >= 4 is 18.0 Å². The fourth-order valence-electron chi connectivity index (χ4n) is 3.78. The summed E-state index contributed by atoms with van der Waals surface area (Å²) in [4.78, 5) is 38.4. The third-order valence-corrected chi connectivity index (χ3v) is 5.75. The summed E-state index contributed by atoms with van der Waals surface area (Å²) in [7, 11) is 0. The number of hydrogen-bond donors (Lipinski definition) is 2. The monoisotopic (exact) mass is 468 g/mol. The molecule has 0 spiro atoms. The molecule has 0 saturated carbocycles. The van der Waals surface area contributed by atoms with Crippen LogP contribution in [0.25, 0.3) is 0 Å². The van der Waals surface area contributed by atoms with Crippen LogP contribution in [0.3, 0.4) is 0 Å². The van der Waals surface area contributed by atoms with E-state index in [1.165, 1.54) is 12.1 Å². The number of carbonyl (C=O) groups is 3. The summed E-state index contributed by atoms with van der Waals surface area (Å²) in [5.41, 5.74) is 0.578. The quantitative estimate of drug-likeness (QED) is 0.634. The molecule has 0 aromatic heterocycles. The number of benzene rings is 2. The Morgan fingerprint density at radius 3 is 2.21 bits per heavy atom. The molecule has 0 unspecified atom stereocenters. The summed E-state index contributed by atoms with van der Waals surface area (Å²) in [6.07, 6.45) is 0.584. The number of nitrogens with one attached hydrogen (secondary N) is 1. The number of amides is 2. The second-order valence-corrected chi connectivity index (χ2v) is 9.48. The first-order chi connectivity index (χ1) is 16.1. The van der Waals surface area contributed by atoms with E-state index in [0.29, 0.717) is 31.7 Å². The molecule has 1 atom stereocenters. The molecule has 0 aliphatic carbocycles. The number of hydrogen-bond acceptors (Lipinski definition) is 5. The lowest BCUT2D eigenvalue weighted by atomic mass is 9.85. The largest absolute Gasteiger partial charge is 0.490 e. The average molecular weight is 469 g/mol. The van der Waals surface area contributed by atoms with E-state index in [9.17, 15) is 14.4 Å². The molecular weight excluding hydrogens is 436 g/mol. The third-order valence-electron chi connectivity index (χ3n) is 5.75. The Bertz CT molecular complexity index is 977. The SMILES string of the molecule is CC(C)(C)[C@H](NC(=O)OCc1ccccc1)C(=O)N1CCC(Oc2ccc(C(=O)O)cc2)CC1. The molecule has 1 aliphatic heterocycles. The highest BCUT2D eigenvalue weighted by molar-refractivity contribution is 5.87. The van der Waals surface area contributed by atoms with Crippen LogP contribution in [0.15, 0.2) is 54.6 Å². The zero-order valence-corrected chi connectivity index (χ0v) is 19.8. The molecule has 34 heavy (non-hydrogen) atoms. The van der Waals surface area contributed by atoms with Crippen molar-refractivity contribution < 1.29 is 29.0 Å². The van der Waals surface area contributed by atoms with Gasteiger partial charge in [0.15, 0.2) is 0 Å². The van der Waals surface area contributed by atoms with Crippen LogP contribution in [-0.2, 0) is 16.1 Å². The Morgan fingerprint density at radius 1 is 1.03 bits per heavy atom. The van der Waals surface area contributed by atoms with Gasteiger partial charge in [-0.15, -0.1) is 0 Å². The zero-order valence-electron chi connectivity index (χ0n) is 19.8. The topological polar surface area (TPSA) is 105 Å². The molecule has 1 heterocycles. The van der Waals surface area contributed by atoms with Crippen molar-refractivity contribution in [3.05, 3.63) is 65.7 Å². The van der Waals surface area contributed by atoms with Gasteiger partial charge in [-0.2, -0.15) is 0 Å². The number of piperidine rings is 1. The van der Waals surface area contributed by atoms with Crippen LogP contribution < -0.4 is 10.1 Å². The van der Waals surface area contributed by atoms with Crippen LogP contribution >= 0.6 is 0 Å². The maximum Gasteiger partial charge on any atom is 0.408 e. The number of ether oxygens (including phenoxy) is 2. The molecule has 2 N–H and O–H groups in total. The molecule has 0 bridgehead atoms. The van der Waals surface area contributed by atoms with Gasteiger partial charge in [0.1, 0.15) is 24.5 Å². The standard InChI is InChI=1S/C26H32N2O6/c1-26(2,3)22(27-25(32)33-17-18-7-5-4-6-8-18)23(29)28-15-13-21(14-16-28)34-20-11-9-19(10-12-20)24(30)31/h4-12,21-22H,13-17H2,1-3H3,(H,27,32)(H,30,31)/t22-/m1/s1. The van der Waals surface area contributed by atoms with Gasteiger partial charge in [0.2, 0.25) is 5.91 Å². The van der Waals surface area contributed by atoms with Crippen molar-refractivity contribution in [3.8, 4) is 5.75 Å². The van der Waals surface area contributed by atoms with E-state index in [4.69, 9.17) is 14.6 Å². The number of likely N-dealkylation sites (tertiary alicyclic amines) is 1. The molecule has 8 heteroatoms. The third kappa shape index (κ3) is 6.97. The van der Waals surface area contributed by atoms with Crippen molar-refractivity contribution in [2.75, 3.05) is 13.1 Å². The Hall–Kier alpha value is -3.55. The minimum Gasteiger partial charge on any atom is -0.490 e. The summed E-state index contributed by atoms with van der Waals surface area (Å²) in [5.74, 6) is -0.525. The summed E-state index contributed by atoms with van der Waals surface area (Å²) in [5, 5.41) is 11.8. The van der Waals surface area contributed by atoms with Crippen LogP contribution in [0.2, 0.25) is 0 Å². The first-order valence-corrected chi connectivity index (χ1v) is 11.4. The lowest BCUT2D eigenvalue weighted by Crippen LogP contribution is -2.56. The maximum absolute atomic E-state index is 13.3. The lowest BCUT2D eigenvalue weighted by Gasteiger charge is -2.38. The van der Waals surface area contributed by atoms with Gasteiger partial charge in [-0.1, -0.05) is 51.1 Å². The van der Waals surface area contributed by atoms with E-state index in [1.54, 1.807) is 17.0 Å².